The molecule has 170 valence electrons. The third-order valence-electron chi connectivity index (χ3n) is 6.31. The van der Waals surface area contributed by atoms with Crippen LogP contribution < -0.4 is 15.4 Å². The van der Waals surface area contributed by atoms with Gasteiger partial charge < -0.3 is 15.4 Å². The number of methoxy groups -OCH3 is 1. The van der Waals surface area contributed by atoms with Gasteiger partial charge in [0.05, 0.1) is 34.2 Å². The molecular formula is C23H25N7O3. The standard InChI is InChI=1S/C23H25N7O3/c1-4-18(31)14-11-25-19(28-22(32)15-10-23(15)6-7-23)9-16(14)27-21-20(33-3)13(5-8-24-21)17-12-26-30(2)29-17/h5,8-9,11-12,15H,4,6-7,10H2,1-3H3,(H2,24,25,27,28,32)/t15-/m1/s1/i3D3. The van der Waals surface area contributed by atoms with E-state index in [0.29, 0.717) is 16.9 Å². The van der Waals surface area contributed by atoms with Gasteiger partial charge in [0.25, 0.3) is 0 Å². The maximum atomic E-state index is 12.6. The van der Waals surface area contributed by atoms with Crippen LogP contribution in [0.4, 0.5) is 17.3 Å². The van der Waals surface area contributed by atoms with E-state index in [1.807, 2.05) is 0 Å². The molecule has 0 aliphatic heterocycles. The van der Waals surface area contributed by atoms with Crippen molar-refractivity contribution in [3.63, 3.8) is 0 Å². The Kier molecular flexibility index (Phi) is 4.26. The first-order valence-corrected chi connectivity index (χ1v) is 10.7. The van der Waals surface area contributed by atoms with E-state index < -0.39 is 7.04 Å². The van der Waals surface area contributed by atoms with Crippen molar-refractivity contribution in [2.45, 2.75) is 32.6 Å². The summed E-state index contributed by atoms with van der Waals surface area (Å²) in [4.78, 5) is 35.2. The summed E-state index contributed by atoms with van der Waals surface area (Å²) in [7, 11) is -1.14. The van der Waals surface area contributed by atoms with E-state index in [0.717, 1.165) is 19.3 Å². The number of amides is 1. The second-order valence-corrected chi connectivity index (χ2v) is 8.48. The summed E-state index contributed by atoms with van der Waals surface area (Å²) in [5, 5.41) is 14.1. The highest BCUT2D eigenvalue weighted by molar-refractivity contribution is 6.03. The number of nitrogens with one attached hydrogen (secondary N) is 2. The van der Waals surface area contributed by atoms with E-state index in [1.165, 1.54) is 23.4 Å². The molecule has 33 heavy (non-hydrogen) atoms. The lowest BCUT2D eigenvalue weighted by Gasteiger charge is -2.16. The number of aromatic nitrogens is 5. The highest BCUT2D eigenvalue weighted by Gasteiger charge is 2.65. The smallest absolute Gasteiger partial charge is 0.229 e. The first-order valence-electron chi connectivity index (χ1n) is 12.2. The minimum Gasteiger partial charge on any atom is -0.492 e. The molecule has 0 radical (unpaired) electrons. The molecule has 5 rings (SSSR count). The van der Waals surface area contributed by atoms with Crippen LogP contribution in [-0.2, 0) is 11.8 Å². The van der Waals surface area contributed by atoms with Crippen molar-refractivity contribution in [2.75, 3.05) is 17.7 Å². The van der Waals surface area contributed by atoms with Gasteiger partial charge in [0, 0.05) is 37.8 Å². The van der Waals surface area contributed by atoms with E-state index in [2.05, 4.69) is 30.8 Å². The predicted octanol–water partition coefficient (Wildman–Crippen LogP) is 3.36. The van der Waals surface area contributed by atoms with Crippen molar-refractivity contribution >= 4 is 29.0 Å². The number of Topliss-reactive ketones (excluding diaryl/α,β-unsaturated/α-hetero) is 1. The molecule has 2 aliphatic rings. The van der Waals surface area contributed by atoms with Crippen molar-refractivity contribution in [3.8, 4) is 17.0 Å². The topological polar surface area (TPSA) is 124 Å². The summed E-state index contributed by atoms with van der Waals surface area (Å²) < 4.78 is 28.3. The Hall–Kier alpha value is -3.82. The zero-order valence-corrected chi connectivity index (χ0v) is 18.3. The number of aryl methyl sites for hydroxylation is 1. The fraction of sp³-hybridized carbons (Fsp3) is 0.391. The van der Waals surface area contributed by atoms with Crippen LogP contribution in [0.5, 0.6) is 5.75 Å². The summed E-state index contributed by atoms with van der Waals surface area (Å²) in [6.07, 6.45) is 7.60. The first kappa shape index (κ1) is 17.7. The number of anilines is 3. The molecule has 0 saturated heterocycles. The number of ether oxygens (including phenoxy) is 1. The molecule has 2 fully saturated rings. The van der Waals surface area contributed by atoms with Crippen molar-refractivity contribution in [2.24, 2.45) is 18.4 Å². The number of hydrogen-bond acceptors (Lipinski definition) is 8. The monoisotopic (exact) mass is 450 g/mol. The normalized spacial score (nSPS) is 19.2. The van der Waals surface area contributed by atoms with Gasteiger partial charge in [-0.05, 0) is 30.7 Å². The summed E-state index contributed by atoms with van der Waals surface area (Å²) in [5.74, 6) is -0.0235. The van der Waals surface area contributed by atoms with E-state index in [4.69, 9.17) is 8.85 Å². The van der Waals surface area contributed by atoms with Crippen molar-refractivity contribution in [1.82, 2.24) is 25.0 Å². The van der Waals surface area contributed by atoms with Gasteiger partial charge in [-0.2, -0.15) is 15.0 Å². The van der Waals surface area contributed by atoms with Crippen LogP contribution in [0, 0.1) is 11.3 Å². The minimum absolute atomic E-state index is 0.00252. The maximum Gasteiger partial charge on any atom is 0.229 e. The molecule has 10 heteroatoms. The van der Waals surface area contributed by atoms with Gasteiger partial charge in [0.1, 0.15) is 11.5 Å². The zero-order valence-electron chi connectivity index (χ0n) is 21.3. The van der Waals surface area contributed by atoms with Crippen LogP contribution in [-0.4, -0.2) is 43.7 Å². The molecule has 10 nitrogen and oxygen atoms in total. The Morgan fingerprint density at radius 3 is 2.85 bits per heavy atom. The molecule has 2 saturated carbocycles. The summed E-state index contributed by atoms with van der Waals surface area (Å²) >= 11 is 0. The van der Waals surface area contributed by atoms with Crippen molar-refractivity contribution in [3.05, 3.63) is 36.3 Å². The molecule has 3 heterocycles. The van der Waals surface area contributed by atoms with Gasteiger partial charge in [-0.1, -0.05) is 6.92 Å². The molecule has 3 aromatic rings. The fourth-order valence-corrected chi connectivity index (χ4v) is 4.12. The molecule has 0 unspecified atom stereocenters. The van der Waals surface area contributed by atoms with Crippen LogP contribution in [0.3, 0.4) is 0 Å². The average molecular weight is 451 g/mol. The number of carbonyl (C=O) groups is 2. The molecule has 1 spiro atoms. The van der Waals surface area contributed by atoms with E-state index in [1.54, 1.807) is 26.1 Å². The van der Waals surface area contributed by atoms with Gasteiger partial charge in [-0.15, -0.1) is 0 Å². The second kappa shape index (κ2) is 7.95. The van der Waals surface area contributed by atoms with Gasteiger partial charge in [-0.3, -0.25) is 9.59 Å². The summed E-state index contributed by atoms with van der Waals surface area (Å²) in [5.41, 5.74) is 1.50. The molecule has 0 aromatic carbocycles. The third-order valence-corrected chi connectivity index (χ3v) is 6.31. The maximum absolute atomic E-state index is 12.6. The van der Waals surface area contributed by atoms with Crippen LogP contribution in [0.1, 0.15) is 47.1 Å². The Balaban J connectivity index is 1.51. The highest BCUT2D eigenvalue weighted by Crippen LogP contribution is 2.70. The van der Waals surface area contributed by atoms with E-state index >= 15 is 0 Å². The SMILES string of the molecule is [2H]C([2H])([2H])Oc1c(-c2cnn(C)n2)ccnc1Nc1cc(NC(=O)[C@H]2CC23CC3)ncc1C(=O)CC. The fourth-order valence-electron chi connectivity index (χ4n) is 4.12. The van der Waals surface area contributed by atoms with Crippen LogP contribution in [0.15, 0.2) is 30.7 Å². The van der Waals surface area contributed by atoms with E-state index in [9.17, 15) is 9.59 Å². The van der Waals surface area contributed by atoms with Gasteiger partial charge in [-0.25, -0.2) is 9.97 Å². The molecule has 0 bridgehead atoms. The summed E-state index contributed by atoms with van der Waals surface area (Å²) in [6.45, 7) is 1.72. The van der Waals surface area contributed by atoms with Crippen LogP contribution >= 0.6 is 0 Å². The average Bonchev–Trinajstić information content (AvgIpc) is 3.72. The summed E-state index contributed by atoms with van der Waals surface area (Å²) in [6, 6.07) is 3.11. The number of hydrogen-bond donors (Lipinski definition) is 2. The molecular weight excluding hydrogens is 422 g/mol. The van der Waals surface area contributed by atoms with E-state index in [-0.39, 0.29) is 52.4 Å². The van der Waals surface area contributed by atoms with Crippen molar-refractivity contribution < 1.29 is 18.4 Å². The number of pyridine rings is 2. The first-order chi connectivity index (χ1) is 17.1. The van der Waals surface area contributed by atoms with Gasteiger partial charge in [0.2, 0.25) is 5.91 Å². The lowest BCUT2D eigenvalue weighted by molar-refractivity contribution is -0.117. The second-order valence-electron chi connectivity index (χ2n) is 8.48. The quantitative estimate of drug-likeness (QED) is 0.501. The molecule has 2 N–H and O–H groups in total. The minimum atomic E-state index is -2.78. The lowest BCUT2D eigenvalue weighted by Crippen LogP contribution is -2.16. The van der Waals surface area contributed by atoms with Crippen LogP contribution in [0.25, 0.3) is 11.3 Å². The molecule has 3 aromatic heterocycles. The lowest BCUT2D eigenvalue weighted by atomic mass is 10.1. The number of carbonyl (C=O) groups excluding carboxylic acids is 2. The van der Waals surface area contributed by atoms with Gasteiger partial charge in [0.15, 0.2) is 17.4 Å². The zero-order chi connectivity index (χ0) is 25.7. The number of ketones is 1. The Morgan fingerprint density at radius 2 is 2.18 bits per heavy atom. The Bertz CT molecular complexity index is 1350. The molecule has 1 amide bonds. The predicted molar refractivity (Wildman–Crippen MR) is 121 cm³/mol. The van der Waals surface area contributed by atoms with Gasteiger partial charge >= 0.3 is 0 Å². The van der Waals surface area contributed by atoms with Crippen molar-refractivity contribution in [1.29, 1.82) is 0 Å². The highest BCUT2D eigenvalue weighted by atomic mass is 16.5. The largest absolute Gasteiger partial charge is 0.492 e. The Morgan fingerprint density at radius 1 is 1.33 bits per heavy atom. The number of rotatable bonds is 8. The molecule has 1 atom stereocenters. The third kappa shape index (κ3) is 3.92. The Labute approximate surface area is 195 Å². The number of nitrogens with zero attached hydrogens (tertiary/aromatic N) is 5. The van der Waals surface area contributed by atoms with Crippen LogP contribution in [0.2, 0.25) is 0 Å². The molecule has 2 aliphatic carbocycles.